The monoisotopic (exact) mass is 261 g/mol. The Labute approximate surface area is 117 Å². The standard InChI is InChI=1S/C16H27N3/c1-4-13(3)12-19(5-2)15(11-16(17)18)14-9-7-6-8-10-14/h6-10,13,15H,4-5,11-12H2,1-3H3,(H3,17,18). The Hall–Kier alpha value is -1.35. The zero-order chi connectivity index (χ0) is 14.3. The molecule has 0 saturated carbocycles. The molecule has 19 heavy (non-hydrogen) atoms. The van der Waals surface area contributed by atoms with Crippen molar-refractivity contribution in [2.24, 2.45) is 11.7 Å². The van der Waals surface area contributed by atoms with Gasteiger partial charge in [0.05, 0.1) is 5.84 Å². The van der Waals surface area contributed by atoms with Crippen molar-refractivity contribution in [1.29, 1.82) is 5.41 Å². The highest BCUT2D eigenvalue weighted by molar-refractivity contribution is 5.77. The van der Waals surface area contributed by atoms with Crippen molar-refractivity contribution in [2.45, 2.75) is 39.7 Å². The molecule has 0 aliphatic heterocycles. The van der Waals surface area contributed by atoms with Gasteiger partial charge in [0.25, 0.3) is 0 Å². The van der Waals surface area contributed by atoms with Gasteiger partial charge in [0.2, 0.25) is 0 Å². The lowest BCUT2D eigenvalue weighted by molar-refractivity contribution is 0.181. The van der Waals surface area contributed by atoms with Gasteiger partial charge in [-0.15, -0.1) is 0 Å². The van der Waals surface area contributed by atoms with Gasteiger partial charge in [0.1, 0.15) is 0 Å². The van der Waals surface area contributed by atoms with E-state index in [9.17, 15) is 0 Å². The number of nitrogens with zero attached hydrogens (tertiary/aromatic N) is 1. The van der Waals surface area contributed by atoms with Crippen molar-refractivity contribution in [3.63, 3.8) is 0 Å². The number of nitrogens with one attached hydrogen (secondary N) is 1. The summed E-state index contributed by atoms with van der Waals surface area (Å²) in [6.07, 6.45) is 1.78. The third-order valence-electron chi connectivity index (χ3n) is 3.69. The van der Waals surface area contributed by atoms with E-state index < -0.39 is 0 Å². The molecule has 0 aliphatic carbocycles. The predicted molar refractivity (Wildman–Crippen MR) is 82.4 cm³/mol. The second kappa shape index (κ2) is 7.95. The second-order valence-corrected chi connectivity index (χ2v) is 5.26. The Morgan fingerprint density at radius 3 is 2.37 bits per heavy atom. The van der Waals surface area contributed by atoms with E-state index in [-0.39, 0.29) is 11.9 Å². The average molecular weight is 261 g/mol. The molecule has 0 heterocycles. The second-order valence-electron chi connectivity index (χ2n) is 5.26. The first-order valence-electron chi connectivity index (χ1n) is 7.20. The highest BCUT2D eigenvalue weighted by Crippen LogP contribution is 2.25. The van der Waals surface area contributed by atoms with E-state index in [1.807, 2.05) is 6.07 Å². The predicted octanol–water partition coefficient (Wildman–Crippen LogP) is 3.42. The van der Waals surface area contributed by atoms with E-state index in [0.717, 1.165) is 13.1 Å². The Bertz CT molecular complexity index is 375. The van der Waals surface area contributed by atoms with Crippen molar-refractivity contribution in [3.05, 3.63) is 35.9 Å². The summed E-state index contributed by atoms with van der Waals surface area (Å²) >= 11 is 0. The minimum Gasteiger partial charge on any atom is -0.388 e. The molecule has 1 aromatic rings. The summed E-state index contributed by atoms with van der Waals surface area (Å²) in [5, 5.41) is 7.62. The molecular formula is C16H27N3. The third kappa shape index (κ3) is 5.03. The summed E-state index contributed by atoms with van der Waals surface area (Å²) in [4.78, 5) is 2.44. The summed E-state index contributed by atoms with van der Waals surface area (Å²) in [5.74, 6) is 0.926. The summed E-state index contributed by atoms with van der Waals surface area (Å²) in [6, 6.07) is 10.6. The van der Waals surface area contributed by atoms with E-state index in [4.69, 9.17) is 11.1 Å². The number of amidine groups is 1. The molecule has 1 aromatic carbocycles. The highest BCUT2D eigenvalue weighted by atomic mass is 15.2. The van der Waals surface area contributed by atoms with Crippen molar-refractivity contribution in [2.75, 3.05) is 13.1 Å². The van der Waals surface area contributed by atoms with Gasteiger partial charge in [-0.3, -0.25) is 10.3 Å². The summed E-state index contributed by atoms with van der Waals surface area (Å²) in [5.41, 5.74) is 6.90. The van der Waals surface area contributed by atoms with E-state index in [1.165, 1.54) is 12.0 Å². The molecule has 0 aliphatic rings. The van der Waals surface area contributed by atoms with Gasteiger partial charge in [-0.25, -0.2) is 0 Å². The fraction of sp³-hybridized carbons (Fsp3) is 0.562. The highest BCUT2D eigenvalue weighted by Gasteiger charge is 2.21. The summed E-state index contributed by atoms with van der Waals surface area (Å²) < 4.78 is 0. The smallest absolute Gasteiger partial charge is 0.0924 e. The van der Waals surface area contributed by atoms with Crippen LogP contribution in [0.15, 0.2) is 30.3 Å². The molecule has 106 valence electrons. The van der Waals surface area contributed by atoms with Gasteiger partial charge in [0.15, 0.2) is 0 Å². The first kappa shape index (κ1) is 15.7. The Kier molecular flexibility index (Phi) is 6.57. The number of benzene rings is 1. The van der Waals surface area contributed by atoms with E-state index in [2.05, 4.69) is 49.9 Å². The van der Waals surface area contributed by atoms with Crippen molar-refractivity contribution in [3.8, 4) is 0 Å². The average Bonchev–Trinajstić information content (AvgIpc) is 2.43. The van der Waals surface area contributed by atoms with Crippen LogP contribution in [-0.2, 0) is 0 Å². The van der Waals surface area contributed by atoms with Crippen LogP contribution < -0.4 is 5.73 Å². The van der Waals surface area contributed by atoms with Crippen LogP contribution in [-0.4, -0.2) is 23.8 Å². The van der Waals surface area contributed by atoms with Crippen LogP contribution in [0.4, 0.5) is 0 Å². The van der Waals surface area contributed by atoms with Crippen LogP contribution >= 0.6 is 0 Å². The quantitative estimate of drug-likeness (QED) is 0.556. The number of hydrogen-bond donors (Lipinski definition) is 2. The molecule has 3 N–H and O–H groups in total. The van der Waals surface area contributed by atoms with E-state index in [1.54, 1.807) is 0 Å². The molecule has 0 saturated heterocycles. The van der Waals surface area contributed by atoms with Crippen LogP contribution in [0.5, 0.6) is 0 Å². The lowest BCUT2D eigenvalue weighted by atomic mass is 9.99. The molecule has 0 amide bonds. The van der Waals surface area contributed by atoms with Crippen LogP contribution in [0, 0.1) is 11.3 Å². The summed E-state index contributed by atoms with van der Waals surface area (Å²) in [6.45, 7) is 8.72. The molecule has 0 fully saturated rings. The fourth-order valence-corrected chi connectivity index (χ4v) is 2.35. The third-order valence-corrected chi connectivity index (χ3v) is 3.69. The Morgan fingerprint density at radius 2 is 1.89 bits per heavy atom. The van der Waals surface area contributed by atoms with Crippen LogP contribution in [0.1, 0.15) is 45.2 Å². The maximum absolute atomic E-state index is 7.62. The number of hydrogen-bond acceptors (Lipinski definition) is 2. The molecular weight excluding hydrogens is 234 g/mol. The SMILES string of the molecule is CCC(C)CN(CC)C(CC(=N)N)c1ccccc1. The Morgan fingerprint density at radius 1 is 1.26 bits per heavy atom. The van der Waals surface area contributed by atoms with Crippen molar-refractivity contribution in [1.82, 2.24) is 4.90 Å². The molecule has 0 aromatic heterocycles. The zero-order valence-corrected chi connectivity index (χ0v) is 12.4. The zero-order valence-electron chi connectivity index (χ0n) is 12.4. The topological polar surface area (TPSA) is 53.1 Å². The maximum Gasteiger partial charge on any atom is 0.0924 e. The van der Waals surface area contributed by atoms with Gasteiger partial charge in [-0.05, 0) is 18.0 Å². The van der Waals surface area contributed by atoms with Crippen molar-refractivity contribution < 1.29 is 0 Å². The fourth-order valence-electron chi connectivity index (χ4n) is 2.35. The minimum atomic E-state index is 0.220. The molecule has 3 nitrogen and oxygen atoms in total. The van der Waals surface area contributed by atoms with Crippen LogP contribution in [0.2, 0.25) is 0 Å². The van der Waals surface area contributed by atoms with Gasteiger partial charge in [-0.1, -0.05) is 57.5 Å². The van der Waals surface area contributed by atoms with Gasteiger partial charge >= 0.3 is 0 Å². The first-order valence-corrected chi connectivity index (χ1v) is 7.20. The maximum atomic E-state index is 7.62. The molecule has 2 unspecified atom stereocenters. The number of rotatable bonds is 8. The van der Waals surface area contributed by atoms with Gasteiger partial charge in [0, 0.05) is 19.0 Å². The first-order chi connectivity index (χ1) is 9.08. The van der Waals surface area contributed by atoms with Crippen LogP contribution in [0.3, 0.4) is 0 Å². The number of nitrogens with two attached hydrogens (primary N) is 1. The normalized spacial score (nSPS) is 14.3. The molecule has 0 spiro atoms. The Balaban J connectivity index is 2.91. The molecule has 2 atom stereocenters. The van der Waals surface area contributed by atoms with E-state index >= 15 is 0 Å². The molecule has 0 radical (unpaired) electrons. The van der Waals surface area contributed by atoms with Crippen molar-refractivity contribution >= 4 is 5.84 Å². The minimum absolute atomic E-state index is 0.220. The van der Waals surface area contributed by atoms with Gasteiger partial charge < -0.3 is 5.73 Å². The largest absolute Gasteiger partial charge is 0.388 e. The summed E-state index contributed by atoms with van der Waals surface area (Å²) in [7, 11) is 0. The van der Waals surface area contributed by atoms with Crippen LogP contribution in [0.25, 0.3) is 0 Å². The van der Waals surface area contributed by atoms with E-state index in [0.29, 0.717) is 12.3 Å². The molecule has 0 bridgehead atoms. The molecule has 1 rings (SSSR count). The molecule has 3 heteroatoms. The lowest BCUT2D eigenvalue weighted by Crippen LogP contribution is -2.35. The lowest BCUT2D eigenvalue weighted by Gasteiger charge is -2.32. The van der Waals surface area contributed by atoms with Gasteiger partial charge in [-0.2, -0.15) is 0 Å².